The average molecular weight is 304 g/mol. The third-order valence-electron chi connectivity index (χ3n) is 2.77. The van der Waals surface area contributed by atoms with Crippen LogP contribution < -0.4 is 5.32 Å². The van der Waals surface area contributed by atoms with Gasteiger partial charge in [0.2, 0.25) is 0 Å². The number of nitro benzene ring substituents is 1. The zero-order valence-electron chi connectivity index (χ0n) is 10.9. The van der Waals surface area contributed by atoms with Gasteiger partial charge in [-0.05, 0) is 24.3 Å². The summed E-state index contributed by atoms with van der Waals surface area (Å²) >= 11 is 0. The van der Waals surface area contributed by atoms with Crippen LogP contribution in [0.4, 0.5) is 15.8 Å². The number of aromatic carboxylic acids is 1. The van der Waals surface area contributed by atoms with Gasteiger partial charge in [-0.1, -0.05) is 6.07 Å². The summed E-state index contributed by atoms with van der Waals surface area (Å²) in [5, 5.41) is 22.1. The maximum absolute atomic E-state index is 13.0. The van der Waals surface area contributed by atoms with Crippen LogP contribution in [0.25, 0.3) is 0 Å². The van der Waals surface area contributed by atoms with E-state index < -0.39 is 33.9 Å². The minimum atomic E-state index is -1.48. The smallest absolute Gasteiger partial charge is 0.336 e. The van der Waals surface area contributed by atoms with Crippen molar-refractivity contribution in [3.8, 4) is 0 Å². The molecule has 1 amide bonds. The van der Waals surface area contributed by atoms with Crippen LogP contribution in [0.1, 0.15) is 20.7 Å². The molecule has 2 aromatic carbocycles. The molecule has 0 aromatic heterocycles. The van der Waals surface area contributed by atoms with Crippen LogP contribution in [0.5, 0.6) is 0 Å². The molecular weight excluding hydrogens is 295 g/mol. The van der Waals surface area contributed by atoms with E-state index in [1.165, 1.54) is 18.2 Å². The molecule has 0 aliphatic heterocycles. The topological polar surface area (TPSA) is 110 Å². The summed E-state index contributed by atoms with van der Waals surface area (Å²) in [4.78, 5) is 33.1. The highest BCUT2D eigenvalue weighted by Crippen LogP contribution is 2.20. The van der Waals surface area contributed by atoms with Crippen molar-refractivity contribution in [2.75, 3.05) is 5.32 Å². The van der Waals surface area contributed by atoms with Gasteiger partial charge in [-0.3, -0.25) is 14.9 Å². The molecule has 2 N–H and O–H groups in total. The van der Waals surface area contributed by atoms with Crippen LogP contribution in [-0.2, 0) is 0 Å². The van der Waals surface area contributed by atoms with E-state index in [1.54, 1.807) is 0 Å². The summed E-state index contributed by atoms with van der Waals surface area (Å²) in [6, 6.07) is 7.89. The van der Waals surface area contributed by atoms with Gasteiger partial charge in [-0.25, -0.2) is 9.18 Å². The van der Waals surface area contributed by atoms with Gasteiger partial charge in [0, 0.05) is 17.8 Å². The lowest BCUT2D eigenvalue weighted by molar-refractivity contribution is -0.384. The van der Waals surface area contributed by atoms with Gasteiger partial charge in [-0.2, -0.15) is 0 Å². The van der Waals surface area contributed by atoms with Gasteiger partial charge in [0.25, 0.3) is 11.6 Å². The number of anilines is 1. The fraction of sp³-hybridized carbons (Fsp3) is 0. The van der Waals surface area contributed by atoms with Crippen molar-refractivity contribution < 1.29 is 24.0 Å². The first kappa shape index (κ1) is 15.1. The number of carboxylic acids is 1. The van der Waals surface area contributed by atoms with E-state index in [9.17, 15) is 24.1 Å². The number of carbonyl (C=O) groups is 2. The Balaban J connectivity index is 2.36. The molecule has 0 unspecified atom stereocenters. The van der Waals surface area contributed by atoms with Crippen LogP contribution in [0.3, 0.4) is 0 Å². The molecule has 0 heterocycles. The van der Waals surface area contributed by atoms with E-state index in [1.807, 2.05) is 0 Å². The Bertz CT molecular complexity index is 776. The molecule has 22 heavy (non-hydrogen) atoms. The molecule has 0 spiro atoms. The van der Waals surface area contributed by atoms with Crippen LogP contribution in [0.2, 0.25) is 0 Å². The monoisotopic (exact) mass is 304 g/mol. The first-order valence-electron chi connectivity index (χ1n) is 5.97. The standard InChI is InChI=1S/C14H9FN2O5/c15-8-2-1-3-9(6-8)16-13(18)11-5-4-10(17(21)22)7-12(11)14(19)20/h1-7H,(H,16,18)(H,19,20). The molecule has 7 nitrogen and oxygen atoms in total. The number of nitrogens with zero attached hydrogens (tertiary/aromatic N) is 1. The van der Waals surface area contributed by atoms with Crippen molar-refractivity contribution in [2.24, 2.45) is 0 Å². The lowest BCUT2D eigenvalue weighted by Crippen LogP contribution is -2.16. The summed E-state index contributed by atoms with van der Waals surface area (Å²) in [5.74, 6) is -2.86. The largest absolute Gasteiger partial charge is 0.478 e. The minimum absolute atomic E-state index is 0.139. The number of carbonyl (C=O) groups excluding carboxylic acids is 1. The molecule has 0 radical (unpaired) electrons. The Morgan fingerprint density at radius 1 is 1.14 bits per heavy atom. The predicted octanol–water partition coefficient (Wildman–Crippen LogP) is 2.68. The summed E-state index contributed by atoms with van der Waals surface area (Å²) < 4.78 is 13.0. The number of benzene rings is 2. The summed E-state index contributed by atoms with van der Waals surface area (Å²) in [6.07, 6.45) is 0. The Labute approximate surface area is 123 Å². The highest BCUT2D eigenvalue weighted by molar-refractivity contribution is 6.11. The number of hydrogen-bond acceptors (Lipinski definition) is 4. The minimum Gasteiger partial charge on any atom is -0.478 e. The van der Waals surface area contributed by atoms with Crippen molar-refractivity contribution in [1.82, 2.24) is 0 Å². The van der Waals surface area contributed by atoms with Crippen molar-refractivity contribution in [3.63, 3.8) is 0 Å². The van der Waals surface area contributed by atoms with E-state index in [0.717, 1.165) is 24.3 Å². The van der Waals surface area contributed by atoms with E-state index in [4.69, 9.17) is 5.11 Å². The SMILES string of the molecule is O=C(O)c1cc([N+](=O)[O-])ccc1C(=O)Nc1cccc(F)c1. The van der Waals surface area contributed by atoms with Crippen LogP contribution in [0, 0.1) is 15.9 Å². The Morgan fingerprint density at radius 2 is 1.86 bits per heavy atom. The summed E-state index contributed by atoms with van der Waals surface area (Å²) in [5.41, 5.74) is -1.08. The Morgan fingerprint density at radius 3 is 2.45 bits per heavy atom. The van der Waals surface area contributed by atoms with Crippen molar-refractivity contribution in [1.29, 1.82) is 0 Å². The maximum Gasteiger partial charge on any atom is 0.336 e. The van der Waals surface area contributed by atoms with Crippen molar-refractivity contribution >= 4 is 23.3 Å². The van der Waals surface area contributed by atoms with Gasteiger partial charge in [0.1, 0.15) is 5.82 Å². The zero-order chi connectivity index (χ0) is 16.3. The molecule has 0 bridgehead atoms. The third-order valence-corrected chi connectivity index (χ3v) is 2.77. The summed E-state index contributed by atoms with van der Waals surface area (Å²) in [7, 11) is 0. The van der Waals surface area contributed by atoms with E-state index in [0.29, 0.717) is 0 Å². The normalized spacial score (nSPS) is 10.0. The number of halogens is 1. The maximum atomic E-state index is 13.0. The fourth-order valence-corrected chi connectivity index (χ4v) is 1.79. The number of hydrogen-bond donors (Lipinski definition) is 2. The van der Waals surface area contributed by atoms with Gasteiger partial charge >= 0.3 is 5.97 Å². The highest BCUT2D eigenvalue weighted by atomic mass is 19.1. The molecule has 2 rings (SSSR count). The van der Waals surface area contributed by atoms with E-state index in [2.05, 4.69) is 5.32 Å². The van der Waals surface area contributed by atoms with E-state index in [-0.39, 0.29) is 11.3 Å². The molecule has 0 atom stereocenters. The van der Waals surface area contributed by atoms with Gasteiger partial charge in [-0.15, -0.1) is 0 Å². The number of carboxylic acid groups (broad SMARTS) is 1. The first-order valence-corrected chi connectivity index (χ1v) is 5.97. The second-order valence-corrected chi connectivity index (χ2v) is 4.26. The number of nitrogens with one attached hydrogen (secondary N) is 1. The molecule has 0 fully saturated rings. The van der Waals surface area contributed by atoms with Gasteiger partial charge < -0.3 is 10.4 Å². The van der Waals surface area contributed by atoms with Gasteiger partial charge in [0.05, 0.1) is 16.1 Å². The van der Waals surface area contributed by atoms with Crippen molar-refractivity contribution in [3.05, 3.63) is 69.5 Å². The fourth-order valence-electron chi connectivity index (χ4n) is 1.79. The lowest BCUT2D eigenvalue weighted by Gasteiger charge is -2.08. The highest BCUT2D eigenvalue weighted by Gasteiger charge is 2.20. The lowest BCUT2D eigenvalue weighted by atomic mass is 10.1. The van der Waals surface area contributed by atoms with Crippen LogP contribution >= 0.6 is 0 Å². The number of non-ortho nitro benzene ring substituents is 1. The first-order chi connectivity index (χ1) is 10.4. The quantitative estimate of drug-likeness (QED) is 0.666. The molecular formula is C14H9FN2O5. The average Bonchev–Trinajstić information content (AvgIpc) is 2.46. The molecule has 8 heteroatoms. The second-order valence-electron chi connectivity index (χ2n) is 4.26. The summed E-state index contributed by atoms with van der Waals surface area (Å²) in [6.45, 7) is 0. The van der Waals surface area contributed by atoms with Crippen molar-refractivity contribution in [2.45, 2.75) is 0 Å². The van der Waals surface area contributed by atoms with Crippen LogP contribution in [-0.4, -0.2) is 21.9 Å². The number of amides is 1. The van der Waals surface area contributed by atoms with E-state index >= 15 is 0 Å². The van der Waals surface area contributed by atoms with Crippen LogP contribution in [0.15, 0.2) is 42.5 Å². The second kappa shape index (κ2) is 6.00. The number of nitro groups is 1. The molecule has 0 aliphatic carbocycles. The van der Waals surface area contributed by atoms with Gasteiger partial charge in [0.15, 0.2) is 0 Å². The predicted molar refractivity (Wildman–Crippen MR) is 74.4 cm³/mol. The number of rotatable bonds is 4. The molecule has 0 saturated heterocycles. The Hall–Kier alpha value is -3.29. The third kappa shape index (κ3) is 3.23. The molecule has 2 aromatic rings. The Kier molecular flexibility index (Phi) is 4.12. The molecule has 0 saturated carbocycles. The zero-order valence-corrected chi connectivity index (χ0v) is 10.9. The molecule has 0 aliphatic rings. The molecule has 112 valence electrons.